The highest BCUT2D eigenvalue weighted by Gasteiger charge is 2.22. The van der Waals surface area contributed by atoms with Gasteiger partial charge < -0.3 is 10.6 Å². The number of benzene rings is 2. The highest BCUT2D eigenvalue weighted by molar-refractivity contribution is 6.02. The van der Waals surface area contributed by atoms with Crippen LogP contribution in [0.25, 0.3) is 16.9 Å². The zero-order valence-corrected chi connectivity index (χ0v) is 16.3. The Balaban J connectivity index is 1.99. The van der Waals surface area contributed by atoms with Crippen molar-refractivity contribution in [2.45, 2.75) is 26.8 Å². The van der Waals surface area contributed by atoms with Crippen LogP contribution in [0.15, 0.2) is 60.8 Å². The number of para-hydroxylation sites is 1. The fourth-order valence-electron chi connectivity index (χ4n) is 2.93. The van der Waals surface area contributed by atoms with E-state index >= 15 is 0 Å². The van der Waals surface area contributed by atoms with Gasteiger partial charge in [-0.05, 0) is 39.0 Å². The predicted octanol–water partition coefficient (Wildman–Crippen LogP) is 3.10. The highest BCUT2D eigenvalue weighted by atomic mass is 16.2. The summed E-state index contributed by atoms with van der Waals surface area (Å²) < 4.78 is 1.68. The first-order valence-electron chi connectivity index (χ1n) is 9.30. The van der Waals surface area contributed by atoms with Gasteiger partial charge in [-0.15, -0.1) is 0 Å². The third-order valence-corrected chi connectivity index (χ3v) is 4.36. The van der Waals surface area contributed by atoms with Crippen molar-refractivity contribution in [2.24, 2.45) is 0 Å². The van der Waals surface area contributed by atoms with Crippen molar-refractivity contribution >= 4 is 11.8 Å². The third-order valence-electron chi connectivity index (χ3n) is 4.36. The summed E-state index contributed by atoms with van der Waals surface area (Å²) in [6, 6.07) is 16.8. The van der Waals surface area contributed by atoms with E-state index in [1.807, 2.05) is 68.4 Å². The Hall–Kier alpha value is -3.41. The molecule has 0 bridgehead atoms. The van der Waals surface area contributed by atoms with Gasteiger partial charge in [0, 0.05) is 18.3 Å². The van der Waals surface area contributed by atoms with E-state index in [0.717, 1.165) is 16.8 Å². The van der Waals surface area contributed by atoms with Crippen LogP contribution in [0.3, 0.4) is 0 Å². The summed E-state index contributed by atoms with van der Waals surface area (Å²) in [7, 11) is 0. The first-order valence-corrected chi connectivity index (χ1v) is 9.30. The number of carbonyl (C=O) groups excluding carboxylic acids is 2. The molecule has 2 aromatic carbocycles. The summed E-state index contributed by atoms with van der Waals surface area (Å²) in [4.78, 5) is 24.9. The lowest BCUT2D eigenvalue weighted by molar-refractivity contribution is -0.122. The van der Waals surface area contributed by atoms with E-state index in [9.17, 15) is 9.59 Å². The Morgan fingerprint density at radius 2 is 1.86 bits per heavy atom. The second-order valence-corrected chi connectivity index (χ2v) is 6.63. The molecule has 2 amide bonds. The minimum absolute atomic E-state index is 0.219. The quantitative estimate of drug-likeness (QED) is 0.694. The van der Waals surface area contributed by atoms with Crippen LogP contribution in [0, 0.1) is 6.92 Å². The predicted molar refractivity (Wildman–Crippen MR) is 109 cm³/mol. The van der Waals surface area contributed by atoms with E-state index in [-0.39, 0.29) is 11.8 Å². The molecule has 2 N–H and O–H groups in total. The van der Waals surface area contributed by atoms with Gasteiger partial charge in [0.15, 0.2) is 0 Å². The molecule has 6 heteroatoms. The van der Waals surface area contributed by atoms with Gasteiger partial charge >= 0.3 is 0 Å². The molecular weight excluding hydrogens is 352 g/mol. The molecule has 0 saturated carbocycles. The van der Waals surface area contributed by atoms with Crippen molar-refractivity contribution in [3.8, 4) is 16.9 Å². The second-order valence-electron chi connectivity index (χ2n) is 6.63. The van der Waals surface area contributed by atoms with E-state index in [4.69, 9.17) is 0 Å². The summed E-state index contributed by atoms with van der Waals surface area (Å²) in [6.45, 7) is 6.01. The fourth-order valence-corrected chi connectivity index (χ4v) is 2.93. The summed E-state index contributed by atoms with van der Waals surface area (Å²) >= 11 is 0. The maximum absolute atomic E-state index is 12.9. The Morgan fingerprint density at radius 1 is 1.11 bits per heavy atom. The zero-order valence-electron chi connectivity index (χ0n) is 16.3. The van der Waals surface area contributed by atoms with Gasteiger partial charge in [0.2, 0.25) is 5.91 Å². The van der Waals surface area contributed by atoms with Crippen LogP contribution in [-0.2, 0) is 4.79 Å². The Morgan fingerprint density at radius 3 is 2.54 bits per heavy atom. The third kappa shape index (κ3) is 4.28. The fraction of sp³-hybridized carbons (Fsp3) is 0.227. The number of nitrogens with one attached hydrogen (secondary N) is 2. The molecule has 0 unspecified atom stereocenters. The molecule has 1 atom stereocenters. The molecule has 144 valence electrons. The van der Waals surface area contributed by atoms with Gasteiger partial charge in [-0.3, -0.25) is 9.59 Å². The van der Waals surface area contributed by atoms with Crippen molar-refractivity contribution in [1.29, 1.82) is 0 Å². The van der Waals surface area contributed by atoms with Crippen LogP contribution in [0.5, 0.6) is 0 Å². The maximum atomic E-state index is 12.9. The van der Waals surface area contributed by atoms with Gasteiger partial charge in [-0.1, -0.05) is 42.0 Å². The average Bonchev–Trinajstić information content (AvgIpc) is 3.14. The van der Waals surface area contributed by atoms with Crippen molar-refractivity contribution in [2.75, 3.05) is 6.54 Å². The van der Waals surface area contributed by atoms with Crippen LogP contribution in [0.4, 0.5) is 0 Å². The molecule has 3 rings (SSSR count). The van der Waals surface area contributed by atoms with Crippen molar-refractivity contribution in [3.63, 3.8) is 0 Å². The molecular formula is C22H24N4O2. The van der Waals surface area contributed by atoms with Crippen LogP contribution < -0.4 is 10.6 Å². The molecule has 28 heavy (non-hydrogen) atoms. The van der Waals surface area contributed by atoms with Crippen LogP contribution in [0.2, 0.25) is 0 Å². The summed E-state index contributed by atoms with van der Waals surface area (Å²) in [5, 5.41) is 10.1. The molecule has 0 radical (unpaired) electrons. The van der Waals surface area contributed by atoms with E-state index in [0.29, 0.717) is 17.8 Å². The lowest BCUT2D eigenvalue weighted by atomic mass is 10.1. The topological polar surface area (TPSA) is 76.0 Å². The zero-order chi connectivity index (χ0) is 20.1. The number of amides is 2. The molecule has 0 fully saturated rings. The van der Waals surface area contributed by atoms with E-state index < -0.39 is 6.04 Å². The standard InChI is InChI=1S/C22H24N4O2/c1-4-23-21(27)16(3)24-22(28)19-14-26(18-11-6-5-7-12-18)25-20(19)17-10-8-9-15(2)13-17/h5-14,16H,4H2,1-3H3,(H,23,27)(H,24,28)/t16-/m1/s1. The number of rotatable bonds is 6. The summed E-state index contributed by atoms with van der Waals surface area (Å²) in [5.74, 6) is -0.555. The van der Waals surface area contributed by atoms with Gasteiger partial charge in [-0.25, -0.2) is 4.68 Å². The molecule has 0 spiro atoms. The van der Waals surface area contributed by atoms with Crippen molar-refractivity contribution < 1.29 is 9.59 Å². The molecule has 1 aromatic heterocycles. The van der Waals surface area contributed by atoms with Crippen molar-refractivity contribution in [1.82, 2.24) is 20.4 Å². The lowest BCUT2D eigenvalue weighted by Gasteiger charge is -2.13. The van der Waals surface area contributed by atoms with Gasteiger partial charge in [0.25, 0.3) is 5.91 Å². The molecule has 1 heterocycles. The minimum Gasteiger partial charge on any atom is -0.355 e. The Kier molecular flexibility index (Phi) is 5.89. The van der Waals surface area contributed by atoms with Crippen LogP contribution in [-0.4, -0.2) is 34.2 Å². The van der Waals surface area contributed by atoms with Gasteiger partial charge in [-0.2, -0.15) is 5.10 Å². The van der Waals surface area contributed by atoms with Gasteiger partial charge in [0.05, 0.1) is 11.3 Å². The van der Waals surface area contributed by atoms with E-state index in [2.05, 4.69) is 15.7 Å². The number of hydrogen-bond acceptors (Lipinski definition) is 3. The van der Waals surface area contributed by atoms with Crippen LogP contribution >= 0.6 is 0 Å². The number of aryl methyl sites for hydroxylation is 1. The number of carbonyl (C=O) groups is 2. The number of likely N-dealkylation sites (N-methyl/N-ethyl adjacent to an activating group) is 1. The highest BCUT2D eigenvalue weighted by Crippen LogP contribution is 2.24. The van der Waals surface area contributed by atoms with Gasteiger partial charge in [0.1, 0.15) is 11.7 Å². The first kappa shape index (κ1) is 19.4. The second kappa shape index (κ2) is 8.52. The number of aromatic nitrogens is 2. The Labute approximate surface area is 164 Å². The summed E-state index contributed by atoms with van der Waals surface area (Å²) in [6.07, 6.45) is 1.70. The average molecular weight is 376 g/mol. The molecule has 0 saturated heterocycles. The van der Waals surface area contributed by atoms with E-state index in [1.54, 1.807) is 17.8 Å². The first-order chi connectivity index (χ1) is 13.5. The number of hydrogen-bond donors (Lipinski definition) is 2. The monoisotopic (exact) mass is 376 g/mol. The normalized spacial score (nSPS) is 11.7. The van der Waals surface area contributed by atoms with Crippen LogP contribution in [0.1, 0.15) is 29.8 Å². The van der Waals surface area contributed by atoms with Crippen molar-refractivity contribution in [3.05, 3.63) is 71.9 Å². The molecule has 6 nitrogen and oxygen atoms in total. The molecule has 3 aromatic rings. The Bertz CT molecular complexity index is 979. The minimum atomic E-state index is -0.641. The smallest absolute Gasteiger partial charge is 0.255 e. The summed E-state index contributed by atoms with van der Waals surface area (Å²) in [5.41, 5.74) is 3.78. The SMILES string of the molecule is CCNC(=O)[C@@H](C)NC(=O)c1cn(-c2ccccc2)nc1-c1cccc(C)c1. The largest absolute Gasteiger partial charge is 0.355 e. The molecule has 0 aliphatic heterocycles. The lowest BCUT2D eigenvalue weighted by Crippen LogP contribution is -2.44. The van der Waals surface area contributed by atoms with E-state index in [1.165, 1.54) is 0 Å². The number of nitrogens with zero attached hydrogens (tertiary/aromatic N) is 2. The molecule has 0 aliphatic carbocycles. The maximum Gasteiger partial charge on any atom is 0.255 e. The molecule has 0 aliphatic rings.